The van der Waals surface area contributed by atoms with Crippen molar-refractivity contribution < 1.29 is 9.53 Å². The summed E-state index contributed by atoms with van der Waals surface area (Å²) in [5, 5.41) is 6.15. The second-order valence-electron chi connectivity index (χ2n) is 6.96. The van der Waals surface area contributed by atoms with Crippen LogP contribution in [0.1, 0.15) is 31.7 Å². The lowest BCUT2D eigenvalue weighted by Crippen LogP contribution is -2.49. The molecule has 132 valence electrons. The zero-order valence-electron chi connectivity index (χ0n) is 14.6. The topological polar surface area (TPSA) is 53.6 Å². The number of urea groups is 1. The molecule has 0 radical (unpaired) electrons. The van der Waals surface area contributed by atoms with Gasteiger partial charge in [-0.15, -0.1) is 0 Å². The van der Waals surface area contributed by atoms with Gasteiger partial charge in [0, 0.05) is 31.6 Å². The van der Waals surface area contributed by atoms with E-state index in [4.69, 9.17) is 4.74 Å². The normalized spacial score (nSPS) is 21.6. The second kappa shape index (κ2) is 8.38. The molecule has 1 fully saturated rings. The van der Waals surface area contributed by atoms with Crippen LogP contribution in [0.2, 0.25) is 0 Å². The molecule has 0 aliphatic carbocycles. The van der Waals surface area contributed by atoms with Crippen molar-refractivity contribution in [3.8, 4) is 5.75 Å². The van der Waals surface area contributed by atoms with Gasteiger partial charge in [0.15, 0.2) is 0 Å². The molecule has 2 heterocycles. The molecule has 2 aliphatic rings. The highest BCUT2D eigenvalue weighted by atomic mass is 16.5. The van der Waals surface area contributed by atoms with Crippen LogP contribution in [0.25, 0.3) is 0 Å². The highest BCUT2D eigenvalue weighted by molar-refractivity contribution is 5.74. The van der Waals surface area contributed by atoms with E-state index in [0.717, 1.165) is 38.1 Å². The van der Waals surface area contributed by atoms with E-state index in [1.54, 1.807) is 0 Å². The van der Waals surface area contributed by atoms with Crippen molar-refractivity contribution in [2.45, 2.75) is 38.6 Å². The quantitative estimate of drug-likeness (QED) is 0.871. The number of carbonyl (C=O) groups is 1. The summed E-state index contributed by atoms with van der Waals surface area (Å²) >= 11 is 0. The van der Waals surface area contributed by atoms with Gasteiger partial charge in [-0.05, 0) is 43.9 Å². The number of fused-ring (bicyclic) bond motifs is 1. The van der Waals surface area contributed by atoms with Gasteiger partial charge in [-0.25, -0.2) is 4.79 Å². The number of rotatable bonds is 5. The van der Waals surface area contributed by atoms with Crippen LogP contribution < -0.4 is 15.4 Å². The molecule has 2 aliphatic heterocycles. The number of nitrogens with zero attached hydrogens (tertiary/aromatic N) is 1. The lowest BCUT2D eigenvalue weighted by atomic mass is 9.97. The third kappa shape index (κ3) is 4.63. The van der Waals surface area contributed by atoms with Crippen LogP contribution in [-0.2, 0) is 6.42 Å². The smallest absolute Gasteiger partial charge is 0.315 e. The summed E-state index contributed by atoms with van der Waals surface area (Å²) in [7, 11) is 0. The van der Waals surface area contributed by atoms with Gasteiger partial charge in [-0.3, -0.25) is 0 Å². The maximum absolute atomic E-state index is 12.1. The van der Waals surface area contributed by atoms with E-state index in [0.29, 0.717) is 25.1 Å². The summed E-state index contributed by atoms with van der Waals surface area (Å²) in [5.41, 5.74) is 1.24. The van der Waals surface area contributed by atoms with Crippen molar-refractivity contribution >= 4 is 6.03 Å². The summed E-state index contributed by atoms with van der Waals surface area (Å²) in [6, 6.07) is 8.42. The van der Waals surface area contributed by atoms with Crippen molar-refractivity contribution in [3.63, 3.8) is 0 Å². The molecule has 0 aromatic heterocycles. The monoisotopic (exact) mass is 331 g/mol. The van der Waals surface area contributed by atoms with Gasteiger partial charge in [0.2, 0.25) is 0 Å². The molecule has 1 aromatic rings. The minimum absolute atomic E-state index is 0.0391. The summed E-state index contributed by atoms with van der Waals surface area (Å²) in [5.74, 6) is 1.33. The third-order valence-corrected chi connectivity index (χ3v) is 4.97. The van der Waals surface area contributed by atoms with Crippen molar-refractivity contribution in [1.29, 1.82) is 0 Å². The number of carbonyl (C=O) groups excluding carboxylic acids is 1. The van der Waals surface area contributed by atoms with Crippen molar-refractivity contribution in [2.24, 2.45) is 5.92 Å². The molecule has 0 unspecified atom stereocenters. The number of hydrogen-bond acceptors (Lipinski definition) is 3. The number of nitrogens with one attached hydrogen (secondary N) is 2. The first-order chi connectivity index (χ1) is 11.7. The lowest BCUT2D eigenvalue weighted by Gasteiger charge is -2.32. The van der Waals surface area contributed by atoms with E-state index in [1.807, 2.05) is 18.2 Å². The number of para-hydroxylation sites is 1. The van der Waals surface area contributed by atoms with Crippen molar-refractivity contribution in [1.82, 2.24) is 15.5 Å². The van der Waals surface area contributed by atoms with Crippen LogP contribution in [0, 0.1) is 5.92 Å². The van der Waals surface area contributed by atoms with E-state index in [2.05, 4.69) is 28.5 Å². The maximum Gasteiger partial charge on any atom is 0.315 e. The Hall–Kier alpha value is -1.75. The van der Waals surface area contributed by atoms with Crippen LogP contribution in [-0.4, -0.2) is 49.8 Å². The molecule has 0 spiro atoms. The number of piperidine rings is 1. The molecule has 0 bridgehead atoms. The highest BCUT2D eigenvalue weighted by Crippen LogP contribution is 2.26. The SMILES string of the molecule is CCCN1CCC(NC(=O)NC[C@@H]2COc3ccccc3C2)CC1. The van der Waals surface area contributed by atoms with Crippen LogP contribution in [0.4, 0.5) is 4.79 Å². The maximum atomic E-state index is 12.1. The van der Waals surface area contributed by atoms with Crippen LogP contribution in [0.3, 0.4) is 0 Å². The fourth-order valence-electron chi connectivity index (χ4n) is 3.61. The predicted molar refractivity (Wildman–Crippen MR) is 95.4 cm³/mol. The molecule has 1 atom stereocenters. The van der Waals surface area contributed by atoms with E-state index in [9.17, 15) is 4.79 Å². The van der Waals surface area contributed by atoms with Gasteiger partial charge in [0.1, 0.15) is 5.75 Å². The average Bonchev–Trinajstić information content (AvgIpc) is 2.62. The molecule has 2 N–H and O–H groups in total. The Kier molecular flexibility index (Phi) is 5.96. The standard InChI is InChI=1S/C19H29N3O2/c1-2-9-22-10-7-17(8-11-22)21-19(23)20-13-15-12-16-5-3-4-6-18(16)24-14-15/h3-6,15,17H,2,7-14H2,1H3,(H2,20,21,23)/t15-/m1/s1. The zero-order chi connectivity index (χ0) is 16.8. The Morgan fingerprint density at radius 1 is 1.29 bits per heavy atom. The first kappa shape index (κ1) is 17.1. The summed E-state index contributed by atoms with van der Waals surface area (Å²) in [6.45, 7) is 6.90. The first-order valence-corrected chi connectivity index (χ1v) is 9.22. The Morgan fingerprint density at radius 2 is 2.08 bits per heavy atom. The van der Waals surface area contributed by atoms with E-state index in [-0.39, 0.29) is 6.03 Å². The minimum atomic E-state index is -0.0391. The number of amides is 2. The summed E-state index contributed by atoms with van der Waals surface area (Å²) in [4.78, 5) is 14.6. The predicted octanol–water partition coefficient (Wildman–Crippen LogP) is 2.41. The lowest BCUT2D eigenvalue weighted by molar-refractivity contribution is 0.188. The molecule has 24 heavy (non-hydrogen) atoms. The molecule has 5 nitrogen and oxygen atoms in total. The molecule has 5 heteroatoms. The largest absolute Gasteiger partial charge is 0.493 e. The van der Waals surface area contributed by atoms with Crippen LogP contribution in [0.5, 0.6) is 5.75 Å². The zero-order valence-corrected chi connectivity index (χ0v) is 14.6. The van der Waals surface area contributed by atoms with Crippen molar-refractivity contribution in [3.05, 3.63) is 29.8 Å². The van der Waals surface area contributed by atoms with Gasteiger partial charge >= 0.3 is 6.03 Å². The fraction of sp³-hybridized carbons (Fsp3) is 0.632. The molecular weight excluding hydrogens is 302 g/mol. The number of hydrogen-bond donors (Lipinski definition) is 2. The Balaban J connectivity index is 1.36. The van der Waals surface area contributed by atoms with Gasteiger partial charge in [0.25, 0.3) is 0 Å². The van der Waals surface area contributed by atoms with E-state index in [1.165, 1.54) is 18.5 Å². The number of ether oxygens (including phenoxy) is 1. The molecule has 0 saturated carbocycles. The third-order valence-electron chi connectivity index (χ3n) is 4.97. The Bertz CT molecular complexity index is 541. The fourth-order valence-corrected chi connectivity index (χ4v) is 3.61. The summed E-state index contributed by atoms with van der Waals surface area (Å²) < 4.78 is 5.78. The number of likely N-dealkylation sites (tertiary alicyclic amines) is 1. The molecular formula is C19H29N3O2. The second-order valence-corrected chi connectivity index (χ2v) is 6.96. The minimum Gasteiger partial charge on any atom is -0.493 e. The van der Waals surface area contributed by atoms with Crippen LogP contribution in [0.15, 0.2) is 24.3 Å². The van der Waals surface area contributed by atoms with Gasteiger partial charge in [-0.1, -0.05) is 25.1 Å². The highest BCUT2D eigenvalue weighted by Gasteiger charge is 2.22. The molecule has 3 rings (SSSR count). The summed E-state index contributed by atoms with van der Waals surface area (Å²) in [6.07, 6.45) is 4.26. The van der Waals surface area contributed by atoms with Gasteiger partial charge < -0.3 is 20.3 Å². The molecule has 2 amide bonds. The number of benzene rings is 1. The van der Waals surface area contributed by atoms with E-state index < -0.39 is 0 Å². The van der Waals surface area contributed by atoms with E-state index >= 15 is 0 Å². The molecule has 1 saturated heterocycles. The molecule has 1 aromatic carbocycles. The van der Waals surface area contributed by atoms with Crippen molar-refractivity contribution in [2.75, 3.05) is 32.8 Å². The van der Waals surface area contributed by atoms with Crippen LogP contribution >= 0.6 is 0 Å². The first-order valence-electron chi connectivity index (χ1n) is 9.22. The van der Waals surface area contributed by atoms with Gasteiger partial charge in [0.05, 0.1) is 6.61 Å². The van der Waals surface area contributed by atoms with Gasteiger partial charge in [-0.2, -0.15) is 0 Å². The Labute approximate surface area is 144 Å². The Morgan fingerprint density at radius 3 is 2.88 bits per heavy atom. The average molecular weight is 331 g/mol.